The number of methoxy groups -OCH3 is 1. The highest BCUT2D eigenvalue weighted by Crippen LogP contribution is 2.52. The summed E-state index contributed by atoms with van der Waals surface area (Å²) >= 11 is 0. The molecule has 2 aliphatic carbocycles. The van der Waals surface area contributed by atoms with Crippen molar-refractivity contribution in [1.82, 2.24) is 5.43 Å². The minimum atomic E-state index is -1.91. The van der Waals surface area contributed by atoms with Crippen LogP contribution in [-0.4, -0.2) is 80.9 Å². The molecule has 4 aromatic rings. The molecule has 4 unspecified atom stereocenters. The molecule has 13 nitrogen and oxygen atoms in total. The van der Waals surface area contributed by atoms with E-state index in [1.165, 1.54) is 32.2 Å². The van der Waals surface area contributed by atoms with E-state index in [1.807, 2.05) is 42.5 Å². The van der Waals surface area contributed by atoms with Gasteiger partial charge in [0.1, 0.15) is 22.8 Å². The van der Waals surface area contributed by atoms with Crippen LogP contribution >= 0.6 is 0 Å². The Morgan fingerprint density at radius 2 is 1.62 bits per heavy atom. The van der Waals surface area contributed by atoms with E-state index in [0.717, 1.165) is 11.1 Å². The molecule has 0 bridgehead atoms. The lowest BCUT2D eigenvalue weighted by atomic mass is 9.71. The summed E-state index contributed by atoms with van der Waals surface area (Å²) < 4.78 is 17.6. The van der Waals surface area contributed by atoms with E-state index in [9.17, 15) is 34.8 Å². The fourth-order valence-electron chi connectivity index (χ4n) is 7.41. The molecule has 274 valence electrons. The fourth-order valence-corrected chi connectivity index (χ4v) is 7.41. The van der Waals surface area contributed by atoms with Gasteiger partial charge < -0.3 is 40.4 Å². The zero-order valence-corrected chi connectivity index (χ0v) is 29.2. The molecule has 1 heterocycles. The lowest BCUT2D eigenvalue weighted by Gasteiger charge is -2.42. The van der Waals surface area contributed by atoms with Gasteiger partial charge in [-0.05, 0) is 43.2 Å². The quantitative estimate of drug-likeness (QED) is 0.0806. The number of rotatable bonds is 7. The van der Waals surface area contributed by atoms with Gasteiger partial charge in [0.2, 0.25) is 5.78 Å². The summed E-state index contributed by atoms with van der Waals surface area (Å²) in [5.41, 5.74) is 7.96. The number of nitrogens with zero attached hydrogens (tertiary/aromatic N) is 1. The number of benzene rings is 4. The number of aliphatic hydroxyl groups excluding tert-OH is 1. The van der Waals surface area contributed by atoms with Gasteiger partial charge >= 0.3 is 0 Å². The Labute approximate surface area is 304 Å². The number of nitrogens with one attached hydrogen (secondary N) is 1. The first-order valence-electron chi connectivity index (χ1n) is 17.2. The molecular formula is C40H39N3O10. The van der Waals surface area contributed by atoms with Crippen LogP contribution in [0.1, 0.15) is 86.1 Å². The van der Waals surface area contributed by atoms with Crippen LogP contribution in [0.2, 0.25) is 0 Å². The lowest BCUT2D eigenvalue weighted by molar-refractivity contribution is -0.245. The largest absolute Gasteiger partial charge is 0.507 e. The van der Waals surface area contributed by atoms with Crippen molar-refractivity contribution in [3.8, 4) is 28.4 Å². The van der Waals surface area contributed by atoms with E-state index in [4.69, 9.17) is 19.9 Å². The van der Waals surface area contributed by atoms with Gasteiger partial charge in [-0.3, -0.25) is 14.4 Å². The summed E-state index contributed by atoms with van der Waals surface area (Å²) in [4.78, 5) is 41.0. The average Bonchev–Trinajstić information content (AvgIpc) is 3.16. The predicted octanol–water partition coefficient (Wildman–Crippen LogP) is 3.91. The van der Waals surface area contributed by atoms with Gasteiger partial charge in [0.15, 0.2) is 12.1 Å². The molecule has 53 heavy (non-hydrogen) atoms. The van der Waals surface area contributed by atoms with E-state index in [-0.39, 0.29) is 53.0 Å². The number of amides is 1. The second-order valence-corrected chi connectivity index (χ2v) is 13.7. The fraction of sp³-hybridized carbons (Fsp3) is 0.300. The second-order valence-electron chi connectivity index (χ2n) is 13.7. The molecule has 7 rings (SSSR count). The first kappa shape index (κ1) is 35.9. The van der Waals surface area contributed by atoms with Gasteiger partial charge in [-0.25, -0.2) is 5.43 Å². The molecule has 7 N–H and O–H groups in total. The van der Waals surface area contributed by atoms with Crippen LogP contribution < -0.4 is 15.9 Å². The van der Waals surface area contributed by atoms with Crippen molar-refractivity contribution < 1.29 is 49.0 Å². The van der Waals surface area contributed by atoms with E-state index < -0.39 is 76.3 Å². The average molecular weight is 722 g/mol. The molecule has 1 amide bonds. The predicted molar refractivity (Wildman–Crippen MR) is 192 cm³/mol. The highest BCUT2D eigenvalue weighted by atomic mass is 16.7. The zero-order chi connectivity index (χ0) is 37.8. The van der Waals surface area contributed by atoms with Crippen LogP contribution in [0.15, 0.2) is 77.9 Å². The van der Waals surface area contributed by atoms with E-state index in [0.29, 0.717) is 5.56 Å². The third-order valence-corrected chi connectivity index (χ3v) is 10.4. The number of nitrogens with two attached hydrogens (primary N) is 1. The minimum Gasteiger partial charge on any atom is -0.507 e. The molecule has 0 spiro atoms. The van der Waals surface area contributed by atoms with E-state index >= 15 is 0 Å². The zero-order valence-electron chi connectivity index (χ0n) is 29.2. The number of aliphatic hydroxyl groups is 2. The van der Waals surface area contributed by atoms with Gasteiger partial charge in [0.05, 0.1) is 47.8 Å². The number of aromatic hydroxyl groups is 2. The highest BCUT2D eigenvalue weighted by Gasteiger charge is 2.49. The first-order chi connectivity index (χ1) is 25.3. The number of phenolic OH excluding ortho intramolecular Hbond substituents is 2. The Morgan fingerprint density at radius 3 is 2.30 bits per heavy atom. The van der Waals surface area contributed by atoms with Gasteiger partial charge in [0, 0.05) is 47.6 Å². The smallest absolute Gasteiger partial charge is 0.271 e. The van der Waals surface area contributed by atoms with E-state index in [1.54, 1.807) is 19.1 Å². The molecule has 6 atom stereocenters. The molecule has 3 aliphatic rings. The number of ketones is 2. The second kappa shape index (κ2) is 13.8. The summed E-state index contributed by atoms with van der Waals surface area (Å²) in [6.07, 6.45) is -4.60. The minimum absolute atomic E-state index is 0.0234. The van der Waals surface area contributed by atoms with Crippen molar-refractivity contribution in [1.29, 1.82) is 0 Å². The summed E-state index contributed by atoms with van der Waals surface area (Å²) in [5, 5.41) is 50.5. The topological polar surface area (TPSA) is 210 Å². The molecule has 1 fully saturated rings. The Hall–Kier alpha value is -5.44. The summed E-state index contributed by atoms with van der Waals surface area (Å²) in [5.74, 6) is -3.12. The molecule has 0 aromatic heterocycles. The maximum Gasteiger partial charge on any atom is 0.271 e. The van der Waals surface area contributed by atoms with Crippen molar-refractivity contribution >= 4 is 23.2 Å². The molecular weight excluding hydrogens is 682 g/mol. The van der Waals surface area contributed by atoms with Crippen LogP contribution in [0.3, 0.4) is 0 Å². The SMILES string of the molecule is COc1cccc2c1C(=O)c1c(O)c3c(c(O)c1C2=O)C[C@@](O)(C(C)=NNC(=O)c1ccc(-c2ccccc2)cc1)C[C@@H]3OC1CC(N)C(O)C(C)O1. The van der Waals surface area contributed by atoms with E-state index in [2.05, 4.69) is 10.5 Å². The third kappa shape index (κ3) is 6.26. The highest BCUT2D eigenvalue weighted by molar-refractivity contribution is 6.31. The van der Waals surface area contributed by atoms with Crippen molar-refractivity contribution in [3.63, 3.8) is 0 Å². The van der Waals surface area contributed by atoms with Crippen molar-refractivity contribution in [2.45, 2.75) is 69.4 Å². The van der Waals surface area contributed by atoms with Crippen LogP contribution in [-0.2, 0) is 15.9 Å². The summed E-state index contributed by atoms with van der Waals surface area (Å²) in [7, 11) is 1.35. The molecule has 13 heteroatoms. The number of fused-ring (bicyclic) bond motifs is 3. The normalized spacial score (nSPS) is 25.2. The number of hydrogen-bond donors (Lipinski definition) is 6. The summed E-state index contributed by atoms with van der Waals surface area (Å²) in [6.45, 7) is 3.10. The maximum absolute atomic E-state index is 14.0. The Morgan fingerprint density at radius 1 is 0.943 bits per heavy atom. The number of hydrazone groups is 1. The molecule has 1 saturated heterocycles. The van der Waals surface area contributed by atoms with Crippen LogP contribution in [0.25, 0.3) is 11.1 Å². The first-order valence-corrected chi connectivity index (χ1v) is 17.2. The number of carbonyl (C=O) groups is 3. The van der Waals surface area contributed by atoms with Crippen LogP contribution in [0, 0.1) is 0 Å². The van der Waals surface area contributed by atoms with Crippen LogP contribution in [0.5, 0.6) is 17.2 Å². The standard InChI is InChI=1S/C40H39N3O10/c1-19-34(44)26(41)16-29(52-19)53-28-18-40(50,20(2)42-43-39(49)23-14-12-22(13-15-23)21-8-5-4-6-9-21)17-25-31(28)38(48)33-32(36(25)46)35(45)24-10-7-11-27(51-3)30(24)37(33)47/h4-15,19,26,28-29,34,44,46,48,50H,16-18,41H2,1-3H3,(H,43,49)/t19?,26?,28-,29?,34?,40-/m0/s1. The molecule has 1 aliphatic heterocycles. The summed E-state index contributed by atoms with van der Waals surface area (Å²) in [6, 6.07) is 20.3. The van der Waals surface area contributed by atoms with Gasteiger partial charge in [-0.2, -0.15) is 5.10 Å². The number of carbonyl (C=O) groups excluding carboxylic acids is 3. The Bertz CT molecular complexity index is 2140. The van der Waals surface area contributed by atoms with Crippen molar-refractivity contribution in [2.24, 2.45) is 10.8 Å². The van der Waals surface area contributed by atoms with Gasteiger partial charge in [0.25, 0.3) is 5.91 Å². The number of ether oxygens (including phenoxy) is 3. The van der Waals surface area contributed by atoms with Crippen LogP contribution in [0.4, 0.5) is 0 Å². The van der Waals surface area contributed by atoms with Crippen molar-refractivity contribution in [2.75, 3.05) is 7.11 Å². The Balaban J connectivity index is 1.25. The number of hydrogen-bond acceptors (Lipinski definition) is 12. The monoisotopic (exact) mass is 721 g/mol. The van der Waals surface area contributed by atoms with Crippen molar-refractivity contribution in [3.05, 3.63) is 112 Å². The number of phenols is 2. The maximum atomic E-state index is 14.0. The molecule has 4 aromatic carbocycles. The Kier molecular flexibility index (Phi) is 9.39. The third-order valence-electron chi connectivity index (χ3n) is 10.4. The molecule has 0 radical (unpaired) electrons. The molecule has 0 saturated carbocycles. The van der Waals surface area contributed by atoms with Gasteiger partial charge in [-0.1, -0.05) is 54.6 Å². The van der Waals surface area contributed by atoms with Gasteiger partial charge in [-0.15, -0.1) is 0 Å². The lowest BCUT2D eigenvalue weighted by Crippen LogP contribution is -2.52.